The molecule has 1 aromatic carbocycles. The zero-order valence-corrected chi connectivity index (χ0v) is 10.2. The predicted octanol–water partition coefficient (Wildman–Crippen LogP) is 2.78. The number of hydrogen-bond donors (Lipinski definition) is 1. The second kappa shape index (κ2) is 4.31. The largest absolute Gasteiger partial charge is 0.336 e. The van der Waals surface area contributed by atoms with E-state index in [0.29, 0.717) is 10.0 Å². The summed E-state index contributed by atoms with van der Waals surface area (Å²) in [5.74, 6) is 0.0580. The average molecular weight is 261 g/mol. The number of nitrogens with zero attached hydrogens (tertiary/aromatic N) is 2. The van der Waals surface area contributed by atoms with Gasteiger partial charge >= 0.3 is 0 Å². The minimum atomic E-state index is 0.0580. The predicted molar refractivity (Wildman–Crippen MR) is 68.2 cm³/mol. The molecule has 0 unspecified atom stereocenters. The van der Waals surface area contributed by atoms with Crippen LogP contribution in [0.1, 0.15) is 10.4 Å². The molecule has 1 aliphatic rings. The van der Waals surface area contributed by atoms with Gasteiger partial charge in [0.15, 0.2) is 0 Å². The highest BCUT2D eigenvalue weighted by molar-refractivity contribution is 8.04. The van der Waals surface area contributed by atoms with E-state index in [1.807, 2.05) is 24.3 Å². The van der Waals surface area contributed by atoms with Crippen LogP contribution in [0.15, 0.2) is 46.6 Å². The lowest BCUT2D eigenvalue weighted by Gasteiger charge is -1.95. The highest BCUT2D eigenvalue weighted by Gasteiger charge is 2.25. The lowest BCUT2D eigenvalue weighted by atomic mass is 10.1. The molecule has 1 N–H and O–H groups in total. The minimum absolute atomic E-state index is 0.0580. The number of thioether (sulfide) groups is 1. The van der Waals surface area contributed by atoms with E-state index in [-0.39, 0.29) is 5.78 Å². The number of rotatable bonds is 2. The standard InChI is InChI=1S/C11H7N3OS2/c15-10-7-3-1-2-4-8(7)16-9(10)5-12-11-13-6-14-17-11/h1-6H,(H,12,13,14). The molecule has 0 atom stereocenters. The highest BCUT2D eigenvalue weighted by atomic mass is 32.2. The van der Waals surface area contributed by atoms with Crippen LogP contribution in [0.4, 0.5) is 5.13 Å². The van der Waals surface area contributed by atoms with Crippen LogP contribution in [-0.2, 0) is 0 Å². The first-order valence-corrected chi connectivity index (χ1v) is 6.48. The van der Waals surface area contributed by atoms with Crippen molar-refractivity contribution in [3.05, 3.63) is 47.3 Å². The van der Waals surface area contributed by atoms with Gasteiger partial charge in [-0.2, -0.15) is 4.37 Å². The quantitative estimate of drug-likeness (QED) is 0.842. The van der Waals surface area contributed by atoms with Crippen LogP contribution in [0.25, 0.3) is 0 Å². The fourth-order valence-corrected chi connectivity index (χ4v) is 2.87. The first-order valence-electron chi connectivity index (χ1n) is 4.89. The third kappa shape index (κ3) is 1.96. The van der Waals surface area contributed by atoms with Crippen molar-refractivity contribution in [3.63, 3.8) is 0 Å². The van der Waals surface area contributed by atoms with E-state index in [9.17, 15) is 4.79 Å². The number of carbonyl (C=O) groups is 1. The summed E-state index contributed by atoms with van der Waals surface area (Å²) in [7, 11) is 0. The molecule has 0 saturated carbocycles. The van der Waals surface area contributed by atoms with E-state index in [1.54, 1.807) is 6.20 Å². The molecule has 2 aromatic rings. The molecule has 0 aliphatic carbocycles. The van der Waals surface area contributed by atoms with E-state index in [0.717, 1.165) is 10.5 Å². The topological polar surface area (TPSA) is 54.9 Å². The third-order valence-corrected chi connectivity index (χ3v) is 3.96. The Labute approximate surface area is 106 Å². The Morgan fingerprint density at radius 2 is 2.18 bits per heavy atom. The van der Waals surface area contributed by atoms with E-state index < -0.39 is 0 Å². The van der Waals surface area contributed by atoms with Crippen LogP contribution >= 0.6 is 23.3 Å². The number of aromatic nitrogens is 2. The average Bonchev–Trinajstić information content (AvgIpc) is 2.96. The molecule has 84 valence electrons. The Kier molecular flexibility index (Phi) is 2.66. The summed E-state index contributed by atoms with van der Waals surface area (Å²) in [5.41, 5.74) is 0.766. The van der Waals surface area contributed by atoms with Crippen molar-refractivity contribution in [2.24, 2.45) is 0 Å². The summed E-state index contributed by atoms with van der Waals surface area (Å²) >= 11 is 2.73. The maximum absolute atomic E-state index is 12.0. The fraction of sp³-hybridized carbons (Fsp3) is 0. The number of ketones is 1. The molecule has 4 nitrogen and oxygen atoms in total. The zero-order chi connectivity index (χ0) is 11.7. The number of benzene rings is 1. The molecule has 0 spiro atoms. The van der Waals surface area contributed by atoms with Crippen molar-refractivity contribution >= 4 is 34.2 Å². The molecule has 6 heteroatoms. The lowest BCUT2D eigenvalue weighted by Crippen LogP contribution is -1.96. The number of anilines is 1. The molecule has 0 fully saturated rings. The fourth-order valence-electron chi connectivity index (χ4n) is 1.50. The van der Waals surface area contributed by atoms with Gasteiger partial charge in [0.2, 0.25) is 10.9 Å². The summed E-state index contributed by atoms with van der Waals surface area (Å²) < 4.78 is 3.87. The van der Waals surface area contributed by atoms with Gasteiger partial charge in [-0.1, -0.05) is 23.9 Å². The first-order chi connectivity index (χ1) is 8.34. The number of allylic oxidation sites excluding steroid dienone is 1. The zero-order valence-electron chi connectivity index (χ0n) is 8.58. The molecular formula is C11H7N3OS2. The summed E-state index contributed by atoms with van der Waals surface area (Å²) in [4.78, 5) is 17.7. The van der Waals surface area contributed by atoms with Gasteiger partial charge in [-0.15, -0.1) is 0 Å². The van der Waals surface area contributed by atoms with Crippen LogP contribution in [-0.4, -0.2) is 15.1 Å². The van der Waals surface area contributed by atoms with Crippen LogP contribution in [0.2, 0.25) is 0 Å². The number of nitrogens with one attached hydrogen (secondary N) is 1. The maximum atomic E-state index is 12.0. The van der Waals surface area contributed by atoms with E-state index in [2.05, 4.69) is 14.7 Å². The van der Waals surface area contributed by atoms with Gasteiger partial charge in [-0.05, 0) is 12.1 Å². The van der Waals surface area contributed by atoms with Crippen molar-refractivity contribution < 1.29 is 4.79 Å². The van der Waals surface area contributed by atoms with Crippen molar-refractivity contribution in [3.8, 4) is 0 Å². The highest BCUT2D eigenvalue weighted by Crippen LogP contribution is 2.39. The molecule has 2 heterocycles. The van der Waals surface area contributed by atoms with Crippen molar-refractivity contribution in [1.29, 1.82) is 0 Å². The van der Waals surface area contributed by atoms with E-state index in [4.69, 9.17) is 0 Å². The first kappa shape index (κ1) is 10.5. The molecule has 0 saturated heterocycles. The normalized spacial score (nSPS) is 16.2. The van der Waals surface area contributed by atoms with Crippen LogP contribution < -0.4 is 5.32 Å². The Morgan fingerprint density at radius 3 is 2.94 bits per heavy atom. The van der Waals surface area contributed by atoms with Gasteiger partial charge < -0.3 is 5.32 Å². The summed E-state index contributed by atoms with van der Waals surface area (Å²) in [6.07, 6.45) is 3.16. The number of hydrogen-bond acceptors (Lipinski definition) is 6. The Bertz CT molecular complexity index is 593. The smallest absolute Gasteiger partial charge is 0.206 e. The van der Waals surface area contributed by atoms with Gasteiger partial charge in [-0.3, -0.25) is 4.79 Å². The number of carbonyl (C=O) groups excluding carboxylic acids is 1. The molecule has 0 amide bonds. The molecular weight excluding hydrogens is 254 g/mol. The molecule has 3 rings (SSSR count). The van der Waals surface area contributed by atoms with Crippen LogP contribution in [0, 0.1) is 0 Å². The van der Waals surface area contributed by atoms with E-state index in [1.165, 1.54) is 29.6 Å². The second-order valence-corrected chi connectivity index (χ2v) is 5.19. The Hall–Kier alpha value is -1.66. The summed E-state index contributed by atoms with van der Waals surface area (Å²) in [5, 5.41) is 3.66. The molecule has 0 bridgehead atoms. The van der Waals surface area contributed by atoms with Gasteiger partial charge in [0, 0.05) is 28.2 Å². The third-order valence-electron chi connectivity index (χ3n) is 2.26. The second-order valence-electron chi connectivity index (χ2n) is 3.33. The van der Waals surface area contributed by atoms with Gasteiger partial charge in [0.25, 0.3) is 0 Å². The molecule has 1 aromatic heterocycles. The van der Waals surface area contributed by atoms with Crippen LogP contribution in [0.3, 0.4) is 0 Å². The number of fused-ring (bicyclic) bond motifs is 1. The van der Waals surface area contributed by atoms with Crippen LogP contribution in [0.5, 0.6) is 0 Å². The number of Topliss-reactive ketones (excluding diaryl/α,β-unsaturated/α-hetero) is 1. The molecule has 17 heavy (non-hydrogen) atoms. The van der Waals surface area contributed by atoms with Crippen molar-refractivity contribution in [2.45, 2.75) is 4.90 Å². The minimum Gasteiger partial charge on any atom is -0.336 e. The van der Waals surface area contributed by atoms with E-state index >= 15 is 0 Å². The summed E-state index contributed by atoms with van der Waals surface area (Å²) in [6.45, 7) is 0. The lowest BCUT2D eigenvalue weighted by molar-refractivity contribution is 0.104. The molecule has 0 radical (unpaired) electrons. The Morgan fingerprint density at radius 1 is 1.29 bits per heavy atom. The van der Waals surface area contributed by atoms with Gasteiger partial charge in [-0.25, -0.2) is 4.98 Å². The van der Waals surface area contributed by atoms with Crippen molar-refractivity contribution in [2.75, 3.05) is 5.32 Å². The molecule has 1 aliphatic heterocycles. The van der Waals surface area contributed by atoms with Gasteiger partial charge in [0.1, 0.15) is 6.33 Å². The monoisotopic (exact) mass is 261 g/mol. The van der Waals surface area contributed by atoms with Crippen molar-refractivity contribution in [1.82, 2.24) is 9.36 Å². The van der Waals surface area contributed by atoms with Gasteiger partial charge in [0.05, 0.1) is 4.91 Å². The SMILES string of the molecule is O=C1C(=CNc2ncns2)Sc2ccccc21. The Balaban J connectivity index is 1.84. The summed E-state index contributed by atoms with van der Waals surface area (Å²) in [6, 6.07) is 7.60. The maximum Gasteiger partial charge on any atom is 0.206 e.